The molecule has 30 heavy (non-hydrogen) atoms. The van der Waals surface area contributed by atoms with Gasteiger partial charge in [0, 0.05) is 29.9 Å². The van der Waals surface area contributed by atoms with Crippen LogP contribution >= 0.6 is 0 Å². The highest BCUT2D eigenvalue weighted by Crippen LogP contribution is 2.72. The summed E-state index contributed by atoms with van der Waals surface area (Å²) >= 11 is 0. The summed E-state index contributed by atoms with van der Waals surface area (Å²) in [5, 5.41) is 12.3. The maximum Gasteiger partial charge on any atom is 0.334 e. The summed E-state index contributed by atoms with van der Waals surface area (Å²) in [5.74, 6) is -2.26. The molecule has 1 aromatic heterocycles. The molecule has 2 aliphatic carbocycles. The molecule has 0 radical (unpaired) electrons. The van der Waals surface area contributed by atoms with Crippen LogP contribution in [-0.2, 0) is 28.6 Å². The largest absolute Gasteiger partial charge is 0.472 e. The lowest BCUT2D eigenvalue weighted by Crippen LogP contribution is -2.65. The number of esters is 3. The summed E-state index contributed by atoms with van der Waals surface area (Å²) in [4.78, 5) is 37.9. The van der Waals surface area contributed by atoms with Crippen LogP contribution in [0.1, 0.15) is 52.2 Å². The molecule has 2 saturated carbocycles. The average Bonchev–Trinajstić information content (AvgIpc) is 3.32. The van der Waals surface area contributed by atoms with Crippen LogP contribution in [0.4, 0.5) is 0 Å². The number of cyclic esters (lactones) is 1. The van der Waals surface area contributed by atoms with E-state index < -0.39 is 52.5 Å². The van der Waals surface area contributed by atoms with E-state index in [2.05, 4.69) is 0 Å². The number of carbonyl (C=O) groups excluding carboxylic acids is 3. The first-order chi connectivity index (χ1) is 14.0. The third kappa shape index (κ3) is 2.02. The van der Waals surface area contributed by atoms with Crippen LogP contribution in [0, 0.1) is 16.7 Å². The summed E-state index contributed by atoms with van der Waals surface area (Å²) in [6.45, 7) is 6.41. The van der Waals surface area contributed by atoms with Gasteiger partial charge in [-0.05, 0) is 31.9 Å². The number of rotatable bonds is 2. The van der Waals surface area contributed by atoms with Gasteiger partial charge in [-0.1, -0.05) is 6.92 Å². The lowest BCUT2D eigenvalue weighted by atomic mass is 9.53. The van der Waals surface area contributed by atoms with Crippen LogP contribution in [0.3, 0.4) is 0 Å². The van der Waals surface area contributed by atoms with E-state index in [1.54, 1.807) is 19.9 Å². The summed E-state index contributed by atoms with van der Waals surface area (Å²) in [6, 6.07) is 1.68. The molecule has 2 bridgehead atoms. The Morgan fingerprint density at radius 3 is 2.53 bits per heavy atom. The summed E-state index contributed by atoms with van der Waals surface area (Å²) in [6.07, 6.45) is 1.29. The topological polar surface area (TPSA) is 112 Å². The standard InChI is InChI=1S/C22H24O8/c1-10-15-14(16(30-18(10)24)12-5-6-27-9-12)17(28-11(2)23)22(26)20(15,3)7-13-8-21(22,4)19(25)29-13/h5-6,9,13-14,16-17,26H,7-8H2,1-4H3/t13-,14-,16+,17-,20+,21+,22+/m0/s1. The minimum Gasteiger partial charge on any atom is -0.472 e. The first kappa shape index (κ1) is 19.4. The molecular formula is C22H24O8. The van der Waals surface area contributed by atoms with Crippen molar-refractivity contribution in [1.29, 1.82) is 0 Å². The molecule has 4 aliphatic rings. The van der Waals surface area contributed by atoms with Crippen molar-refractivity contribution < 1.29 is 38.1 Å². The van der Waals surface area contributed by atoms with E-state index >= 15 is 0 Å². The van der Waals surface area contributed by atoms with Crippen molar-refractivity contribution in [2.45, 2.75) is 64.4 Å². The van der Waals surface area contributed by atoms with E-state index in [4.69, 9.17) is 18.6 Å². The van der Waals surface area contributed by atoms with Crippen molar-refractivity contribution in [1.82, 2.24) is 0 Å². The monoisotopic (exact) mass is 416 g/mol. The Morgan fingerprint density at radius 2 is 1.90 bits per heavy atom. The third-order valence-corrected chi connectivity index (χ3v) is 7.78. The smallest absolute Gasteiger partial charge is 0.334 e. The van der Waals surface area contributed by atoms with Gasteiger partial charge in [0.05, 0.1) is 18.4 Å². The van der Waals surface area contributed by atoms with E-state index in [0.717, 1.165) is 0 Å². The molecule has 1 N–H and O–H groups in total. The second kappa shape index (κ2) is 5.75. The highest BCUT2D eigenvalue weighted by Gasteiger charge is 2.81. The molecule has 1 aromatic rings. The van der Waals surface area contributed by atoms with Crippen molar-refractivity contribution in [3.05, 3.63) is 35.3 Å². The molecule has 2 aliphatic heterocycles. The number of aliphatic hydroxyl groups is 1. The van der Waals surface area contributed by atoms with Crippen LogP contribution in [-0.4, -0.2) is 40.8 Å². The lowest BCUT2D eigenvalue weighted by molar-refractivity contribution is -0.219. The second-order valence-corrected chi connectivity index (χ2v) is 9.34. The fraction of sp³-hybridized carbons (Fsp3) is 0.591. The van der Waals surface area contributed by atoms with Gasteiger partial charge in [-0.15, -0.1) is 0 Å². The molecule has 7 atom stereocenters. The van der Waals surface area contributed by atoms with E-state index in [1.165, 1.54) is 19.5 Å². The lowest BCUT2D eigenvalue weighted by Gasteiger charge is -2.52. The number of furan rings is 1. The van der Waals surface area contributed by atoms with Crippen molar-refractivity contribution in [2.75, 3.05) is 0 Å². The Morgan fingerprint density at radius 1 is 1.20 bits per heavy atom. The minimum atomic E-state index is -1.77. The number of fused-ring (bicyclic) bond motifs is 6. The highest BCUT2D eigenvalue weighted by molar-refractivity contribution is 5.91. The van der Waals surface area contributed by atoms with Crippen LogP contribution in [0.5, 0.6) is 0 Å². The molecule has 3 heterocycles. The molecule has 0 spiro atoms. The van der Waals surface area contributed by atoms with Crippen molar-refractivity contribution in [3.8, 4) is 0 Å². The number of hydrogen-bond acceptors (Lipinski definition) is 8. The van der Waals surface area contributed by atoms with Crippen LogP contribution < -0.4 is 0 Å². The zero-order valence-corrected chi connectivity index (χ0v) is 17.3. The van der Waals surface area contributed by atoms with Crippen LogP contribution in [0.25, 0.3) is 0 Å². The summed E-state index contributed by atoms with van der Waals surface area (Å²) in [7, 11) is 0. The van der Waals surface area contributed by atoms with Crippen LogP contribution in [0.15, 0.2) is 34.2 Å². The Balaban J connectivity index is 1.80. The Hall–Kier alpha value is -2.61. The zero-order valence-electron chi connectivity index (χ0n) is 17.3. The van der Waals surface area contributed by atoms with Gasteiger partial charge in [0.25, 0.3) is 0 Å². The molecule has 0 amide bonds. The molecule has 3 fully saturated rings. The first-order valence-corrected chi connectivity index (χ1v) is 10.1. The van der Waals surface area contributed by atoms with E-state index in [9.17, 15) is 19.5 Å². The van der Waals surface area contributed by atoms with Gasteiger partial charge < -0.3 is 23.7 Å². The Bertz CT molecular complexity index is 993. The zero-order chi connectivity index (χ0) is 21.6. The van der Waals surface area contributed by atoms with Gasteiger partial charge in [-0.3, -0.25) is 9.59 Å². The van der Waals surface area contributed by atoms with Gasteiger partial charge >= 0.3 is 17.9 Å². The van der Waals surface area contributed by atoms with E-state index in [-0.39, 0.29) is 6.10 Å². The Kier molecular flexibility index (Phi) is 3.71. The van der Waals surface area contributed by atoms with Gasteiger partial charge in [0.15, 0.2) is 0 Å². The normalized spacial score (nSPS) is 44.3. The molecule has 5 rings (SSSR count). The van der Waals surface area contributed by atoms with Crippen molar-refractivity contribution >= 4 is 17.9 Å². The molecular weight excluding hydrogens is 392 g/mol. The second-order valence-electron chi connectivity index (χ2n) is 9.34. The van der Waals surface area contributed by atoms with Gasteiger partial charge in [0.2, 0.25) is 0 Å². The predicted octanol–water partition coefficient (Wildman–Crippen LogP) is 2.22. The van der Waals surface area contributed by atoms with Gasteiger partial charge in [-0.2, -0.15) is 0 Å². The molecule has 8 nitrogen and oxygen atoms in total. The fourth-order valence-corrected chi connectivity index (χ4v) is 6.64. The molecule has 8 heteroatoms. The predicted molar refractivity (Wildman–Crippen MR) is 99.6 cm³/mol. The molecule has 0 aromatic carbocycles. The molecule has 0 unspecified atom stereocenters. The minimum absolute atomic E-state index is 0.319. The maximum absolute atomic E-state index is 12.9. The van der Waals surface area contributed by atoms with E-state index in [0.29, 0.717) is 29.6 Å². The number of carbonyl (C=O) groups is 3. The highest BCUT2D eigenvalue weighted by atomic mass is 16.6. The van der Waals surface area contributed by atoms with Gasteiger partial charge in [-0.25, -0.2) is 4.79 Å². The first-order valence-electron chi connectivity index (χ1n) is 10.1. The summed E-state index contributed by atoms with van der Waals surface area (Å²) in [5.41, 5.74) is -2.46. The molecule has 1 saturated heterocycles. The average molecular weight is 416 g/mol. The maximum atomic E-state index is 12.9. The van der Waals surface area contributed by atoms with Gasteiger partial charge in [0.1, 0.15) is 29.3 Å². The third-order valence-electron chi connectivity index (χ3n) is 7.78. The fourth-order valence-electron chi connectivity index (χ4n) is 6.64. The number of hydrogen-bond donors (Lipinski definition) is 1. The SMILES string of the molecule is CC(=O)O[C@H]1[C@H]2C(=C(C)C(=O)O[C@@H]2c2ccoc2)[C@@]2(C)C[C@H]3C[C@](C)(C(=O)O3)[C@@]12O. The number of ether oxygens (including phenoxy) is 3. The van der Waals surface area contributed by atoms with Crippen LogP contribution in [0.2, 0.25) is 0 Å². The quantitative estimate of drug-likeness (QED) is 0.577. The summed E-state index contributed by atoms with van der Waals surface area (Å²) < 4.78 is 22.2. The van der Waals surface area contributed by atoms with E-state index in [1.807, 2.05) is 6.92 Å². The molecule has 160 valence electrons. The Labute approximate surface area is 173 Å². The van der Waals surface area contributed by atoms with Crippen molar-refractivity contribution in [2.24, 2.45) is 16.7 Å². The van der Waals surface area contributed by atoms with Crippen molar-refractivity contribution in [3.63, 3.8) is 0 Å².